The Labute approximate surface area is 202 Å². The van der Waals surface area contributed by atoms with E-state index in [-0.39, 0.29) is 18.0 Å². The Bertz CT molecular complexity index is 1430. The molecule has 0 aliphatic heterocycles. The molecule has 2 aromatic carbocycles. The van der Waals surface area contributed by atoms with Gasteiger partial charge in [-0.3, -0.25) is 4.79 Å². The molecule has 7 nitrogen and oxygen atoms in total. The van der Waals surface area contributed by atoms with E-state index in [0.717, 1.165) is 22.0 Å². The largest absolute Gasteiger partial charge is 0.462 e. The Balaban J connectivity index is 1.76. The highest BCUT2D eigenvalue weighted by molar-refractivity contribution is 6.32. The van der Waals surface area contributed by atoms with Gasteiger partial charge in [0.1, 0.15) is 5.56 Å². The van der Waals surface area contributed by atoms with Gasteiger partial charge in [-0.05, 0) is 55.7 Å². The fourth-order valence-electron chi connectivity index (χ4n) is 3.59. The van der Waals surface area contributed by atoms with Crippen LogP contribution in [0.4, 0.5) is 5.82 Å². The molecular formula is C26H23ClN4O3. The zero-order chi connectivity index (χ0) is 24.2. The third-order valence-electron chi connectivity index (χ3n) is 5.28. The molecule has 0 bridgehead atoms. The van der Waals surface area contributed by atoms with Crippen molar-refractivity contribution in [2.24, 2.45) is 0 Å². The van der Waals surface area contributed by atoms with Gasteiger partial charge in [-0.2, -0.15) is 9.78 Å². The summed E-state index contributed by atoms with van der Waals surface area (Å²) >= 11 is 6.17. The van der Waals surface area contributed by atoms with Crippen molar-refractivity contribution in [2.75, 3.05) is 11.9 Å². The number of fused-ring (bicyclic) bond motifs is 1. The zero-order valence-corrected chi connectivity index (χ0v) is 19.8. The first-order valence-electron chi connectivity index (χ1n) is 10.7. The second-order valence-corrected chi connectivity index (χ2v) is 8.06. The highest BCUT2D eigenvalue weighted by atomic mass is 35.5. The van der Waals surface area contributed by atoms with Gasteiger partial charge >= 0.3 is 5.97 Å². The minimum absolute atomic E-state index is 0.130. The minimum Gasteiger partial charge on any atom is -0.462 e. The van der Waals surface area contributed by atoms with Crippen molar-refractivity contribution in [1.82, 2.24) is 14.8 Å². The molecule has 8 heteroatoms. The number of aryl methyl sites for hydroxylation is 2. The molecule has 34 heavy (non-hydrogen) atoms. The normalized spacial score (nSPS) is 11.2. The molecule has 0 fully saturated rings. The van der Waals surface area contributed by atoms with Gasteiger partial charge in [0.2, 0.25) is 5.91 Å². The average molecular weight is 475 g/mol. The number of nitrogens with zero attached hydrogens (tertiary/aromatic N) is 3. The van der Waals surface area contributed by atoms with Crippen molar-refractivity contribution in [1.29, 1.82) is 0 Å². The fourth-order valence-corrected chi connectivity index (χ4v) is 3.79. The summed E-state index contributed by atoms with van der Waals surface area (Å²) in [4.78, 5) is 30.1. The smallest absolute Gasteiger partial charge is 0.343 e. The number of halogens is 1. The highest BCUT2D eigenvalue weighted by Gasteiger charge is 2.22. The molecule has 0 saturated carbocycles. The molecule has 172 valence electrons. The average Bonchev–Trinajstić information content (AvgIpc) is 3.23. The van der Waals surface area contributed by atoms with Crippen molar-refractivity contribution in [3.63, 3.8) is 0 Å². The van der Waals surface area contributed by atoms with E-state index in [9.17, 15) is 9.59 Å². The predicted octanol–water partition coefficient (Wildman–Crippen LogP) is 5.52. The standard InChI is InChI=1S/C26H23ClN4O3/c1-4-34-26(33)20-15-28-31(22-14-17(3)19-10-7-8-16(2)24(19)29-22)25(20)30-23(32)13-12-18-9-5-6-11-21(18)27/h5-15H,4H2,1-3H3,(H,30,32)/b13-12+. The number of benzene rings is 2. The minimum atomic E-state index is -0.590. The Morgan fingerprint density at radius 3 is 2.68 bits per heavy atom. The molecule has 0 saturated heterocycles. The fraction of sp³-hybridized carbons (Fsp3) is 0.154. The van der Waals surface area contributed by atoms with Crippen LogP contribution in [0.2, 0.25) is 5.02 Å². The summed E-state index contributed by atoms with van der Waals surface area (Å²) in [6, 6.07) is 15.0. The van der Waals surface area contributed by atoms with Crippen molar-refractivity contribution < 1.29 is 14.3 Å². The molecule has 4 aromatic rings. The second-order valence-electron chi connectivity index (χ2n) is 7.65. The number of hydrogen-bond donors (Lipinski definition) is 1. The summed E-state index contributed by atoms with van der Waals surface area (Å²) in [5, 5.41) is 8.65. The van der Waals surface area contributed by atoms with Gasteiger partial charge in [0.25, 0.3) is 0 Å². The molecule has 0 radical (unpaired) electrons. The lowest BCUT2D eigenvalue weighted by molar-refractivity contribution is -0.111. The summed E-state index contributed by atoms with van der Waals surface area (Å²) < 4.78 is 6.59. The molecule has 1 amide bonds. The molecular weight excluding hydrogens is 452 g/mol. The molecule has 4 rings (SSSR count). The van der Waals surface area contributed by atoms with Gasteiger partial charge in [-0.15, -0.1) is 0 Å². The van der Waals surface area contributed by atoms with Crippen LogP contribution in [0.5, 0.6) is 0 Å². The lowest BCUT2D eigenvalue weighted by Gasteiger charge is -2.12. The van der Waals surface area contributed by atoms with E-state index in [4.69, 9.17) is 21.3 Å². The molecule has 0 unspecified atom stereocenters. The number of carbonyl (C=O) groups excluding carboxylic acids is 2. The van der Waals surface area contributed by atoms with Crippen LogP contribution in [0, 0.1) is 13.8 Å². The van der Waals surface area contributed by atoms with Gasteiger partial charge in [-0.1, -0.05) is 48.0 Å². The number of aromatic nitrogens is 3. The molecule has 0 aliphatic rings. The van der Waals surface area contributed by atoms with E-state index in [2.05, 4.69) is 10.4 Å². The SMILES string of the molecule is CCOC(=O)c1cnn(-c2cc(C)c3cccc(C)c3n2)c1NC(=O)/C=C/c1ccccc1Cl. The van der Waals surface area contributed by atoms with E-state index in [1.165, 1.54) is 17.0 Å². The number of amides is 1. The van der Waals surface area contributed by atoms with Gasteiger partial charge in [0.05, 0.1) is 18.3 Å². The summed E-state index contributed by atoms with van der Waals surface area (Å²) in [7, 11) is 0. The number of rotatable bonds is 6. The van der Waals surface area contributed by atoms with Crippen LogP contribution in [0.15, 0.2) is 60.8 Å². The maximum atomic E-state index is 12.8. The maximum absolute atomic E-state index is 12.8. The first-order chi connectivity index (χ1) is 16.4. The Hall–Kier alpha value is -3.97. The molecule has 0 spiro atoms. The van der Waals surface area contributed by atoms with Gasteiger partial charge in [0.15, 0.2) is 11.6 Å². The van der Waals surface area contributed by atoms with Crippen LogP contribution < -0.4 is 5.32 Å². The van der Waals surface area contributed by atoms with E-state index in [1.54, 1.807) is 25.1 Å². The van der Waals surface area contributed by atoms with Crippen LogP contribution in [0.1, 0.15) is 34.0 Å². The van der Waals surface area contributed by atoms with Crippen LogP contribution in [-0.4, -0.2) is 33.2 Å². The van der Waals surface area contributed by atoms with Crippen LogP contribution in [0.3, 0.4) is 0 Å². The van der Waals surface area contributed by atoms with Gasteiger partial charge < -0.3 is 10.1 Å². The number of ether oxygens (including phenoxy) is 1. The summed E-state index contributed by atoms with van der Waals surface area (Å²) in [5.41, 5.74) is 3.65. The summed E-state index contributed by atoms with van der Waals surface area (Å²) in [5.74, 6) is -0.402. The van der Waals surface area contributed by atoms with E-state index >= 15 is 0 Å². The Morgan fingerprint density at radius 2 is 1.91 bits per heavy atom. The molecule has 2 heterocycles. The van der Waals surface area contributed by atoms with Crippen molar-refractivity contribution in [3.05, 3.63) is 88.1 Å². The lowest BCUT2D eigenvalue weighted by atomic mass is 10.1. The molecule has 2 aromatic heterocycles. The third kappa shape index (κ3) is 4.70. The number of carbonyl (C=O) groups is 2. The predicted molar refractivity (Wildman–Crippen MR) is 133 cm³/mol. The van der Waals surface area contributed by atoms with Crippen LogP contribution in [-0.2, 0) is 9.53 Å². The Morgan fingerprint density at radius 1 is 1.12 bits per heavy atom. The van der Waals surface area contributed by atoms with Crippen molar-refractivity contribution in [2.45, 2.75) is 20.8 Å². The molecule has 0 aliphatic carbocycles. The first kappa shape index (κ1) is 23.2. The number of anilines is 1. The second kappa shape index (κ2) is 9.89. The number of esters is 1. The van der Waals surface area contributed by atoms with Gasteiger partial charge in [0, 0.05) is 16.5 Å². The number of nitrogens with one attached hydrogen (secondary N) is 1. The van der Waals surface area contributed by atoms with Gasteiger partial charge in [-0.25, -0.2) is 9.78 Å². The summed E-state index contributed by atoms with van der Waals surface area (Å²) in [6.07, 6.45) is 4.31. The number of hydrogen-bond acceptors (Lipinski definition) is 5. The Kier molecular flexibility index (Phi) is 6.75. The highest BCUT2D eigenvalue weighted by Crippen LogP contribution is 2.26. The quantitative estimate of drug-likeness (QED) is 0.294. The third-order valence-corrected chi connectivity index (χ3v) is 5.62. The monoisotopic (exact) mass is 474 g/mol. The molecule has 1 N–H and O–H groups in total. The molecule has 0 atom stereocenters. The van der Waals surface area contributed by atoms with Crippen molar-refractivity contribution in [3.8, 4) is 5.82 Å². The van der Waals surface area contributed by atoms with Crippen molar-refractivity contribution >= 4 is 46.3 Å². The maximum Gasteiger partial charge on any atom is 0.343 e. The zero-order valence-electron chi connectivity index (χ0n) is 19.0. The topological polar surface area (TPSA) is 86.1 Å². The summed E-state index contributed by atoms with van der Waals surface area (Å²) in [6.45, 7) is 5.86. The van der Waals surface area contributed by atoms with E-state index in [1.807, 2.05) is 50.2 Å². The van der Waals surface area contributed by atoms with Crippen LogP contribution in [0.25, 0.3) is 22.8 Å². The van der Waals surface area contributed by atoms with E-state index in [0.29, 0.717) is 16.4 Å². The lowest BCUT2D eigenvalue weighted by Crippen LogP contribution is -2.16. The number of para-hydroxylation sites is 1. The van der Waals surface area contributed by atoms with Crippen LogP contribution >= 0.6 is 11.6 Å². The first-order valence-corrected chi connectivity index (χ1v) is 11.1. The van der Waals surface area contributed by atoms with E-state index < -0.39 is 11.9 Å². The number of pyridine rings is 1.